The van der Waals surface area contributed by atoms with Crippen LogP contribution in [0.2, 0.25) is 0 Å². The Morgan fingerprint density at radius 1 is 1.11 bits per heavy atom. The standard InChI is InChI=1S/C22H23N3O3/c1-3-28-22(27)19(15-25-14-13-23-16-25)21(26)24(2)20-12-8-7-11-18(20)17-9-5-4-6-10-17/h4-14,16,19H,3,15H2,1-2H3/t19-/m0/s1. The molecule has 28 heavy (non-hydrogen) atoms. The molecule has 0 spiro atoms. The molecule has 2 aromatic carbocycles. The third kappa shape index (κ3) is 4.28. The summed E-state index contributed by atoms with van der Waals surface area (Å²) in [6.45, 7) is 2.12. The van der Waals surface area contributed by atoms with E-state index in [0.29, 0.717) is 0 Å². The first-order valence-electron chi connectivity index (χ1n) is 9.16. The number of anilines is 1. The van der Waals surface area contributed by atoms with Crippen molar-refractivity contribution in [3.8, 4) is 11.1 Å². The van der Waals surface area contributed by atoms with Gasteiger partial charge in [-0.3, -0.25) is 9.59 Å². The summed E-state index contributed by atoms with van der Waals surface area (Å²) in [7, 11) is 1.68. The van der Waals surface area contributed by atoms with Crippen LogP contribution in [0.1, 0.15) is 6.92 Å². The summed E-state index contributed by atoms with van der Waals surface area (Å²) in [5, 5.41) is 0. The Morgan fingerprint density at radius 2 is 1.82 bits per heavy atom. The predicted octanol–water partition coefficient (Wildman–Crippen LogP) is 3.39. The first kappa shape index (κ1) is 19.4. The maximum atomic E-state index is 13.3. The van der Waals surface area contributed by atoms with Crippen LogP contribution in [0, 0.1) is 5.92 Å². The third-order valence-corrected chi connectivity index (χ3v) is 4.50. The third-order valence-electron chi connectivity index (χ3n) is 4.50. The number of ether oxygens (including phenoxy) is 1. The number of carbonyl (C=O) groups excluding carboxylic acids is 2. The van der Waals surface area contributed by atoms with Gasteiger partial charge in [0.1, 0.15) is 0 Å². The molecule has 1 heterocycles. The lowest BCUT2D eigenvalue weighted by atomic mass is 10.0. The highest BCUT2D eigenvalue weighted by Gasteiger charge is 2.32. The molecule has 0 aliphatic rings. The SMILES string of the molecule is CCOC(=O)[C@@H](Cn1ccnc1)C(=O)N(C)c1ccccc1-c1ccccc1. The number of benzene rings is 2. The number of hydrogen-bond donors (Lipinski definition) is 0. The van der Waals surface area contributed by atoms with Crippen molar-refractivity contribution in [3.63, 3.8) is 0 Å². The molecule has 6 nitrogen and oxygen atoms in total. The zero-order valence-corrected chi connectivity index (χ0v) is 16.0. The molecule has 0 bridgehead atoms. The minimum atomic E-state index is -0.956. The van der Waals surface area contributed by atoms with E-state index in [1.54, 1.807) is 37.3 Å². The maximum Gasteiger partial charge on any atom is 0.320 e. The van der Waals surface area contributed by atoms with E-state index in [-0.39, 0.29) is 19.1 Å². The van der Waals surface area contributed by atoms with Gasteiger partial charge in [0.05, 0.1) is 18.6 Å². The van der Waals surface area contributed by atoms with E-state index in [0.717, 1.165) is 16.8 Å². The van der Waals surface area contributed by atoms with Crippen LogP contribution in [-0.4, -0.2) is 35.1 Å². The Morgan fingerprint density at radius 3 is 2.50 bits per heavy atom. The molecule has 1 amide bonds. The van der Waals surface area contributed by atoms with Crippen molar-refractivity contribution < 1.29 is 14.3 Å². The van der Waals surface area contributed by atoms with Gasteiger partial charge in [-0.05, 0) is 18.6 Å². The molecule has 0 unspecified atom stereocenters. The number of para-hydroxylation sites is 1. The van der Waals surface area contributed by atoms with E-state index < -0.39 is 11.9 Å². The van der Waals surface area contributed by atoms with Gasteiger partial charge in [0.25, 0.3) is 0 Å². The molecule has 0 saturated carbocycles. The number of rotatable bonds is 7. The lowest BCUT2D eigenvalue weighted by molar-refractivity contribution is -0.152. The fourth-order valence-corrected chi connectivity index (χ4v) is 3.08. The zero-order valence-electron chi connectivity index (χ0n) is 16.0. The number of carbonyl (C=O) groups is 2. The van der Waals surface area contributed by atoms with Crippen LogP contribution in [0.5, 0.6) is 0 Å². The van der Waals surface area contributed by atoms with E-state index in [4.69, 9.17) is 4.74 Å². The minimum absolute atomic E-state index is 0.176. The van der Waals surface area contributed by atoms with Crippen LogP contribution >= 0.6 is 0 Å². The van der Waals surface area contributed by atoms with Gasteiger partial charge >= 0.3 is 5.97 Å². The number of aromatic nitrogens is 2. The molecule has 0 aliphatic carbocycles. The second-order valence-electron chi connectivity index (χ2n) is 6.34. The Balaban J connectivity index is 1.92. The normalized spacial score (nSPS) is 11.6. The lowest BCUT2D eigenvalue weighted by Crippen LogP contribution is -2.40. The van der Waals surface area contributed by atoms with Gasteiger partial charge in [-0.2, -0.15) is 0 Å². The quantitative estimate of drug-likeness (QED) is 0.468. The number of hydrogen-bond acceptors (Lipinski definition) is 4. The molecule has 6 heteroatoms. The summed E-state index contributed by atoms with van der Waals surface area (Å²) in [6.07, 6.45) is 4.91. The molecule has 3 aromatic rings. The summed E-state index contributed by atoms with van der Waals surface area (Å²) in [5.74, 6) is -1.82. The van der Waals surface area contributed by atoms with Crippen LogP contribution < -0.4 is 4.90 Å². The topological polar surface area (TPSA) is 64.4 Å². The van der Waals surface area contributed by atoms with Crippen LogP contribution in [0.4, 0.5) is 5.69 Å². The molecular weight excluding hydrogens is 354 g/mol. The second-order valence-corrected chi connectivity index (χ2v) is 6.34. The maximum absolute atomic E-state index is 13.3. The van der Waals surface area contributed by atoms with Crippen LogP contribution in [-0.2, 0) is 20.9 Å². The summed E-state index contributed by atoms with van der Waals surface area (Å²) in [4.78, 5) is 31.3. The molecule has 1 aromatic heterocycles. The van der Waals surface area contributed by atoms with Gasteiger partial charge in [-0.25, -0.2) is 4.98 Å². The highest BCUT2D eigenvalue weighted by molar-refractivity contribution is 6.07. The number of nitrogens with zero attached hydrogens (tertiary/aromatic N) is 3. The Kier molecular flexibility index (Phi) is 6.22. The van der Waals surface area contributed by atoms with Gasteiger partial charge in [0.15, 0.2) is 5.92 Å². The Hall–Kier alpha value is -3.41. The molecule has 0 fully saturated rings. The Labute approximate surface area is 164 Å². The summed E-state index contributed by atoms with van der Waals surface area (Å²) >= 11 is 0. The fourth-order valence-electron chi connectivity index (χ4n) is 3.08. The van der Waals surface area contributed by atoms with Crippen LogP contribution in [0.25, 0.3) is 11.1 Å². The van der Waals surface area contributed by atoms with Crippen molar-refractivity contribution in [2.24, 2.45) is 5.92 Å². The van der Waals surface area contributed by atoms with E-state index in [9.17, 15) is 9.59 Å². The van der Waals surface area contributed by atoms with Crippen molar-refractivity contribution in [1.82, 2.24) is 9.55 Å². The van der Waals surface area contributed by atoms with Crippen molar-refractivity contribution in [1.29, 1.82) is 0 Å². The van der Waals surface area contributed by atoms with E-state index in [1.165, 1.54) is 4.90 Å². The van der Waals surface area contributed by atoms with Gasteiger partial charge < -0.3 is 14.2 Å². The minimum Gasteiger partial charge on any atom is -0.465 e. The Bertz CT molecular complexity index is 923. The van der Waals surface area contributed by atoms with Crippen molar-refractivity contribution in [2.75, 3.05) is 18.6 Å². The summed E-state index contributed by atoms with van der Waals surface area (Å²) in [6, 6.07) is 17.5. The molecule has 0 saturated heterocycles. The number of imidazole rings is 1. The molecule has 144 valence electrons. The molecular formula is C22H23N3O3. The smallest absolute Gasteiger partial charge is 0.320 e. The average molecular weight is 377 g/mol. The zero-order chi connectivity index (χ0) is 19.9. The summed E-state index contributed by atoms with van der Waals surface area (Å²) in [5.41, 5.74) is 2.66. The molecule has 0 aliphatic heterocycles. The fraction of sp³-hybridized carbons (Fsp3) is 0.227. The largest absolute Gasteiger partial charge is 0.465 e. The van der Waals surface area contributed by atoms with Crippen molar-refractivity contribution in [3.05, 3.63) is 73.3 Å². The van der Waals surface area contributed by atoms with E-state index in [2.05, 4.69) is 4.98 Å². The lowest BCUT2D eigenvalue weighted by Gasteiger charge is -2.25. The van der Waals surface area contributed by atoms with Gasteiger partial charge in [-0.15, -0.1) is 0 Å². The average Bonchev–Trinajstić information content (AvgIpc) is 3.25. The monoisotopic (exact) mass is 377 g/mol. The molecule has 3 rings (SSSR count). The number of amides is 1. The molecule has 0 N–H and O–H groups in total. The molecule has 0 radical (unpaired) electrons. The number of esters is 1. The van der Waals surface area contributed by atoms with Crippen molar-refractivity contribution in [2.45, 2.75) is 13.5 Å². The summed E-state index contributed by atoms with van der Waals surface area (Å²) < 4.78 is 6.86. The highest BCUT2D eigenvalue weighted by Crippen LogP contribution is 2.31. The first-order valence-corrected chi connectivity index (χ1v) is 9.16. The van der Waals surface area contributed by atoms with Gasteiger partial charge in [0, 0.05) is 31.5 Å². The van der Waals surface area contributed by atoms with Gasteiger partial charge in [-0.1, -0.05) is 48.5 Å². The predicted molar refractivity (Wildman–Crippen MR) is 108 cm³/mol. The molecule has 1 atom stereocenters. The van der Waals surface area contributed by atoms with E-state index in [1.807, 2.05) is 54.6 Å². The van der Waals surface area contributed by atoms with Crippen LogP contribution in [0.15, 0.2) is 73.3 Å². The second kappa shape index (κ2) is 8.99. The van der Waals surface area contributed by atoms with Gasteiger partial charge in [0.2, 0.25) is 5.91 Å². The first-order chi connectivity index (χ1) is 13.6. The highest BCUT2D eigenvalue weighted by atomic mass is 16.5. The van der Waals surface area contributed by atoms with Crippen molar-refractivity contribution >= 4 is 17.6 Å². The van der Waals surface area contributed by atoms with E-state index >= 15 is 0 Å². The van der Waals surface area contributed by atoms with Crippen LogP contribution in [0.3, 0.4) is 0 Å².